The number of aromatic nitrogens is 4. The van der Waals surface area contributed by atoms with E-state index < -0.39 is 5.91 Å². The third kappa shape index (κ3) is 6.19. The Morgan fingerprint density at radius 3 is 2.67 bits per heavy atom. The lowest BCUT2D eigenvalue weighted by molar-refractivity contribution is 0.0956. The normalized spacial score (nSPS) is 11.5. The molecule has 0 saturated heterocycles. The van der Waals surface area contributed by atoms with Crippen molar-refractivity contribution in [1.29, 1.82) is 0 Å². The van der Waals surface area contributed by atoms with Gasteiger partial charge in [-0.2, -0.15) is 5.10 Å². The fraction of sp³-hybridized carbons (Fsp3) is 0.161. The second kappa shape index (κ2) is 11.7. The van der Waals surface area contributed by atoms with Gasteiger partial charge in [-0.1, -0.05) is 48.6 Å². The highest BCUT2D eigenvalue weighted by molar-refractivity contribution is 5.94. The lowest BCUT2D eigenvalue weighted by Crippen LogP contribution is -2.33. The highest BCUT2D eigenvalue weighted by Gasteiger charge is 2.12. The summed E-state index contributed by atoms with van der Waals surface area (Å²) in [5.74, 6) is -0.407. The Balaban J connectivity index is 1.22. The van der Waals surface area contributed by atoms with Crippen molar-refractivity contribution in [2.45, 2.75) is 13.1 Å². The second-order valence-corrected chi connectivity index (χ2v) is 9.64. The summed E-state index contributed by atoms with van der Waals surface area (Å²) in [7, 11) is 4.11. The molecule has 1 amide bonds. The van der Waals surface area contributed by atoms with Gasteiger partial charge < -0.3 is 14.8 Å². The van der Waals surface area contributed by atoms with Crippen LogP contribution in [-0.4, -0.2) is 51.2 Å². The van der Waals surface area contributed by atoms with Crippen molar-refractivity contribution in [2.24, 2.45) is 0 Å². The van der Waals surface area contributed by atoms with E-state index in [4.69, 9.17) is 0 Å². The lowest BCUT2D eigenvalue weighted by atomic mass is 10.0. The Morgan fingerprint density at radius 2 is 1.90 bits per heavy atom. The van der Waals surface area contributed by atoms with Crippen LogP contribution in [-0.2, 0) is 13.1 Å². The number of nitrogens with one attached hydrogen (secondary N) is 2. The minimum Gasteiger partial charge on any atom is -0.348 e. The van der Waals surface area contributed by atoms with Gasteiger partial charge in [-0.3, -0.25) is 19.7 Å². The summed E-state index contributed by atoms with van der Waals surface area (Å²) in [6.45, 7) is 1.54. The van der Waals surface area contributed by atoms with Gasteiger partial charge in [0.05, 0.1) is 17.8 Å². The molecule has 0 radical (unpaired) electrons. The van der Waals surface area contributed by atoms with Crippen molar-refractivity contribution >= 4 is 22.9 Å². The van der Waals surface area contributed by atoms with Crippen LogP contribution in [0.5, 0.6) is 0 Å². The van der Waals surface area contributed by atoms with E-state index in [-0.39, 0.29) is 11.1 Å². The molecule has 0 aliphatic rings. The summed E-state index contributed by atoms with van der Waals surface area (Å²) in [5.41, 5.74) is 5.81. The zero-order valence-electron chi connectivity index (χ0n) is 22.0. The van der Waals surface area contributed by atoms with Gasteiger partial charge in [0.25, 0.3) is 11.5 Å². The minimum atomic E-state index is -0.407. The van der Waals surface area contributed by atoms with Crippen LogP contribution < -0.4 is 10.9 Å². The molecule has 0 bridgehead atoms. The van der Waals surface area contributed by atoms with E-state index in [1.807, 2.05) is 36.4 Å². The van der Waals surface area contributed by atoms with Gasteiger partial charge in [0, 0.05) is 42.6 Å². The summed E-state index contributed by atoms with van der Waals surface area (Å²) in [6.07, 6.45) is 8.84. The van der Waals surface area contributed by atoms with E-state index in [9.17, 15) is 9.59 Å². The molecule has 0 spiro atoms. The van der Waals surface area contributed by atoms with Crippen molar-refractivity contribution in [1.82, 2.24) is 30.0 Å². The quantitative estimate of drug-likeness (QED) is 0.303. The first-order chi connectivity index (χ1) is 19.0. The summed E-state index contributed by atoms with van der Waals surface area (Å²) in [5, 5.41) is 11.5. The number of benzene rings is 2. The SMILES string of the molecule is CN(C)Cc1ccc(-c2n[nH]c3cc(C=CCNC(=O)c4cccn(Cc5cccnc5)c4=O)ccc23)cc1. The van der Waals surface area contributed by atoms with Gasteiger partial charge in [0.1, 0.15) is 5.56 Å². The van der Waals surface area contributed by atoms with Crippen LogP contribution >= 0.6 is 0 Å². The molecule has 8 nitrogen and oxygen atoms in total. The molecule has 5 aromatic rings. The largest absolute Gasteiger partial charge is 0.348 e. The molecule has 0 fully saturated rings. The topological polar surface area (TPSA) is 95.9 Å². The minimum absolute atomic E-state index is 0.107. The number of pyridine rings is 2. The third-order valence-corrected chi connectivity index (χ3v) is 6.34. The maximum atomic E-state index is 12.8. The summed E-state index contributed by atoms with van der Waals surface area (Å²) in [4.78, 5) is 31.7. The van der Waals surface area contributed by atoms with E-state index in [2.05, 4.69) is 69.8 Å². The fourth-order valence-corrected chi connectivity index (χ4v) is 4.46. The zero-order chi connectivity index (χ0) is 27.2. The van der Waals surface area contributed by atoms with E-state index in [1.165, 1.54) is 10.1 Å². The van der Waals surface area contributed by atoms with Gasteiger partial charge in [0.15, 0.2) is 0 Å². The van der Waals surface area contributed by atoms with E-state index in [0.29, 0.717) is 13.1 Å². The zero-order valence-corrected chi connectivity index (χ0v) is 22.0. The molecular formula is C31H30N6O2. The van der Waals surface area contributed by atoms with E-state index >= 15 is 0 Å². The molecule has 0 saturated carbocycles. The molecule has 5 rings (SSSR count). The van der Waals surface area contributed by atoms with Gasteiger partial charge in [-0.15, -0.1) is 0 Å². The number of nitrogens with zero attached hydrogens (tertiary/aromatic N) is 4. The van der Waals surface area contributed by atoms with Crippen molar-refractivity contribution < 1.29 is 4.79 Å². The Labute approximate surface area is 226 Å². The van der Waals surface area contributed by atoms with Crippen molar-refractivity contribution in [3.63, 3.8) is 0 Å². The lowest BCUT2D eigenvalue weighted by Gasteiger charge is -2.09. The molecule has 3 aromatic heterocycles. The number of hydrogen-bond acceptors (Lipinski definition) is 5. The Bertz CT molecular complexity index is 1670. The number of H-pyrrole nitrogens is 1. The van der Waals surface area contributed by atoms with Crippen LogP contribution in [0.1, 0.15) is 27.0 Å². The molecule has 0 atom stereocenters. The number of fused-ring (bicyclic) bond motifs is 1. The Hall–Kier alpha value is -4.82. The molecule has 196 valence electrons. The molecule has 2 aromatic carbocycles. The number of carbonyl (C=O) groups is 1. The second-order valence-electron chi connectivity index (χ2n) is 9.64. The van der Waals surface area contributed by atoms with Crippen molar-refractivity contribution in [3.05, 3.63) is 124 Å². The Morgan fingerprint density at radius 1 is 1.05 bits per heavy atom. The van der Waals surface area contributed by atoms with Crippen LogP contribution in [0.2, 0.25) is 0 Å². The molecular weight excluding hydrogens is 488 g/mol. The van der Waals surface area contributed by atoms with E-state index in [1.54, 1.807) is 30.7 Å². The number of hydrogen-bond donors (Lipinski definition) is 2. The van der Waals surface area contributed by atoms with Crippen LogP contribution in [0.25, 0.3) is 28.2 Å². The average Bonchev–Trinajstić information content (AvgIpc) is 3.36. The van der Waals surface area contributed by atoms with Crippen LogP contribution in [0.3, 0.4) is 0 Å². The van der Waals surface area contributed by atoms with Crippen molar-refractivity contribution in [2.75, 3.05) is 20.6 Å². The van der Waals surface area contributed by atoms with Crippen LogP contribution in [0.15, 0.2) is 96.2 Å². The molecule has 0 aliphatic carbocycles. The fourth-order valence-electron chi connectivity index (χ4n) is 4.46. The van der Waals surface area contributed by atoms with Crippen LogP contribution in [0.4, 0.5) is 0 Å². The maximum Gasteiger partial charge on any atom is 0.263 e. The summed E-state index contributed by atoms with van der Waals surface area (Å²) in [6, 6.07) is 21.5. The molecule has 3 heterocycles. The standard InChI is InChI=1S/C31H30N6O2/c1-36(2)20-23-9-12-25(13-10-23)29-26-14-11-22(18-28(26)34-35-29)6-4-16-33-30(38)27-8-5-17-37(31(27)39)21-24-7-3-15-32-19-24/h3-15,17-19H,16,20-21H2,1-2H3,(H,33,38)(H,34,35). The predicted octanol–water partition coefficient (Wildman–Crippen LogP) is 4.34. The molecule has 39 heavy (non-hydrogen) atoms. The first-order valence-corrected chi connectivity index (χ1v) is 12.7. The third-order valence-electron chi connectivity index (χ3n) is 6.34. The molecule has 2 N–H and O–H groups in total. The van der Waals surface area contributed by atoms with Gasteiger partial charge in [-0.25, -0.2) is 0 Å². The van der Waals surface area contributed by atoms with Gasteiger partial charge >= 0.3 is 0 Å². The maximum absolute atomic E-state index is 12.8. The molecule has 8 heteroatoms. The van der Waals surface area contributed by atoms with Crippen LogP contribution in [0, 0.1) is 0 Å². The summed E-state index contributed by atoms with van der Waals surface area (Å²) >= 11 is 0. The summed E-state index contributed by atoms with van der Waals surface area (Å²) < 4.78 is 1.51. The number of amides is 1. The average molecular weight is 519 g/mol. The molecule has 0 aliphatic heterocycles. The van der Waals surface area contributed by atoms with Gasteiger partial charge in [0.2, 0.25) is 0 Å². The first kappa shape index (κ1) is 25.8. The molecule has 0 unspecified atom stereocenters. The highest BCUT2D eigenvalue weighted by Crippen LogP contribution is 2.27. The predicted molar refractivity (Wildman–Crippen MR) is 154 cm³/mol. The highest BCUT2D eigenvalue weighted by atomic mass is 16.2. The monoisotopic (exact) mass is 518 g/mol. The van der Waals surface area contributed by atoms with E-state index in [0.717, 1.165) is 39.8 Å². The van der Waals surface area contributed by atoms with Crippen molar-refractivity contribution in [3.8, 4) is 11.3 Å². The Kier molecular flexibility index (Phi) is 7.75. The number of rotatable bonds is 9. The van der Waals surface area contributed by atoms with Gasteiger partial charge in [-0.05, 0) is 61.1 Å². The smallest absolute Gasteiger partial charge is 0.263 e. The first-order valence-electron chi connectivity index (χ1n) is 12.7. The number of carbonyl (C=O) groups excluding carboxylic acids is 1. The number of aromatic amines is 1.